The van der Waals surface area contributed by atoms with E-state index >= 15 is 0 Å². The first-order chi connectivity index (χ1) is 21.1. The van der Waals surface area contributed by atoms with Gasteiger partial charge in [0, 0.05) is 48.4 Å². The monoisotopic (exact) mass is 603 g/mol. The number of methoxy groups -OCH3 is 1. The highest BCUT2D eigenvalue weighted by molar-refractivity contribution is 5.99. The summed E-state index contributed by atoms with van der Waals surface area (Å²) in [6.07, 6.45) is 6.33. The number of alkyl carbamates (subject to hydrolysis) is 1. The lowest BCUT2D eigenvalue weighted by molar-refractivity contribution is -0.121. The van der Waals surface area contributed by atoms with Crippen LogP contribution in [0.1, 0.15) is 87.6 Å². The van der Waals surface area contributed by atoms with Gasteiger partial charge in [-0.15, -0.1) is 0 Å². The van der Waals surface area contributed by atoms with Gasteiger partial charge in [0.25, 0.3) is 0 Å². The van der Waals surface area contributed by atoms with Crippen LogP contribution in [0.25, 0.3) is 22.2 Å². The Morgan fingerprint density at radius 3 is 2.52 bits per heavy atom. The van der Waals surface area contributed by atoms with Crippen molar-refractivity contribution < 1.29 is 28.6 Å². The zero-order valence-corrected chi connectivity index (χ0v) is 26.4. The van der Waals surface area contributed by atoms with E-state index in [0.717, 1.165) is 29.7 Å². The lowest BCUT2D eigenvalue weighted by Crippen LogP contribution is -2.35. The Morgan fingerprint density at radius 1 is 1.00 bits per heavy atom. The van der Waals surface area contributed by atoms with E-state index in [1.807, 2.05) is 24.3 Å². The fourth-order valence-corrected chi connectivity index (χ4v) is 6.48. The molecular formula is C35H45N3O6. The van der Waals surface area contributed by atoms with E-state index in [1.54, 1.807) is 20.8 Å². The third kappa shape index (κ3) is 7.37. The first-order valence-corrected chi connectivity index (χ1v) is 15.8. The molecule has 2 aromatic carbocycles. The fourth-order valence-electron chi connectivity index (χ4n) is 6.48. The molecule has 9 heteroatoms. The van der Waals surface area contributed by atoms with E-state index in [-0.39, 0.29) is 30.8 Å². The fraction of sp³-hybridized carbons (Fsp3) is 0.514. The van der Waals surface area contributed by atoms with E-state index in [1.165, 1.54) is 43.0 Å². The molecule has 0 saturated heterocycles. The number of hydrogen-bond acceptors (Lipinski definition) is 6. The number of rotatable bonds is 8. The van der Waals surface area contributed by atoms with Crippen molar-refractivity contribution in [3.63, 3.8) is 0 Å². The summed E-state index contributed by atoms with van der Waals surface area (Å²) >= 11 is 0. The molecule has 3 aromatic rings. The van der Waals surface area contributed by atoms with E-state index in [9.17, 15) is 14.4 Å². The number of aromatic nitrogens is 1. The molecule has 2 heterocycles. The largest absolute Gasteiger partial charge is 0.493 e. The van der Waals surface area contributed by atoms with Crippen LogP contribution in [0.15, 0.2) is 42.5 Å². The van der Waals surface area contributed by atoms with Gasteiger partial charge in [0.05, 0.1) is 25.0 Å². The van der Waals surface area contributed by atoms with Gasteiger partial charge in [-0.2, -0.15) is 0 Å². The number of esters is 1. The molecule has 9 nitrogen and oxygen atoms in total. The maximum Gasteiger partial charge on any atom is 0.407 e. The molecule has 0 spiro atoms. The predicted molar refractivity (Wildman–Crippen MR) is 170 cm³/mol. The molecule has 44 heavy (non-hydrogen) atoms. The molecule has 0 unspecified atom stereocenters. The van der Waals surface area contributed by atoms with Gasteiger partial charge in [-0.05, 0) is 75.8 Å². The van der Waals surface area contributed by atoms with E-state index < -0.39 is 11.7 Å². The van der Waals surface area contributed by atoms with Gasteiger partial charge >= 0.3 is 12.1 Å². The molecule has 236 valence electrons. The lowest BCUT2D eigenvalue weighted by atomic mass is 9.81. The maximum atomic E-state index is 12.6. The van der Waals surface area contributed by atoms with Crippen molar-refractivity contribution in [3.05, 3.63) is 53.6 Å². The first kappa shape index (κ1) is 31.4. The summed E-state index contributed by atoms with van der Waals surface area (Å²) < 4.78 is 19.1. The zero-order valence-electron chi connectivity index (χ0n) is 26.4. The van der Waals surface area contributed by atoms with Crippen molar-refractivity contribution >= 4 is 28.9 Å². The molecule has 1 fully saturated rings. The first-order valence-electron chi connectivity index (χ1n) is 15.8. The van der Waals surface area contributed by atoms with Crippen molar-refractivity contribution in [2.24, 2.45) is 5.92 Å². The molecule has 1 atom stereocenters. The summed E-state index contributed by atoms with van der Waals surface area (Å²) in [7, 11) is 1.41. The molecular weight excluding hydrogens is 558 g/mol. The number of hydrogen-bond donors (Lipinski definition) is 2. The molecule has 0 bridgehead atoms. The molecule has 1 aromatic heterocycles. The highest BCUT2D eigenvalue weighted by Gasteiger charge is 2.31. The average Bonchev–Trinajstić information content (AvgIpc) is 3.30. The van der Waals surface area contributed by atoms with Crippen LogP contribution in [0, 0.1) is 5.92 Å². The molecule has 1 aliphatic heterocycles. The minimum absolute atomic E-state index is 0.110. The van der Waals surface area contributed by atoms with Crippen LogP contribution >= 0.6 is 0 Å². The lowest BCUT2D eigenvalue weighted by Gasteiger charge is -2.28. The Morgan fingerprint density at radius 2 is 1.77 bits per heavy atom. The van der Waals surface area contributed by atoms with Crippen LogP contribution < -0.4 is 15.4 Å². The highest BCUT2D eigenvalue weighted by atomic mass is 16.6. The van der Waals surface area contributed by atoms with E-state index in [2.05, 4.69) is 33.4 Å². The van der Waals surface area contributed by atoms with E-state index in [4.69, 9.17) is 14.2 Å². The normalized spacial score (nSPS) is 17.0. The Hall–Kier alpha value is -4.01. The molecule has 2 N–H and O–H groups in total. The van der Waals surface area contributed by atoms with Crippen molar-refractivity contribution in [2.75, 3.05) is 26.8 Å². The number of carbonyl (C=O) groups is 3. The summed E-state index contributed by atoms with van der Waals surface area (Å²) in [6, 6.07) is 14.2. The zero-order chi connectivity index (χ0) is 31.3. The Balaban J connectivity index is 1.38. The maximum absolute atomic E-state index is 12.6. The van der Waals surface area contributed by atoms with Crippen molar-refractivity contribution in [2.45, 2.75) is 83.8 Å². The van der Waals surface area contributed by atoms with Crippen LogP contribution in [-0.4, -0.2) is 54.9 Å². The summed E-state index contributed by atoms with van der Waals surface area (Å²) in [5.41, 5.74) is 4.57. The summed E-state index contributed by atoms with van der Waals surface area (Å²) in [4.78, 5) is 37.0. The topological polar surface area (TPSA) is 108 Å². The van der Waals surface area contributed by atoms with Gasteiger partial charge in [0.2, 0.25) is 5.91 Å². The third-order valence-corrected chi connectivity index (χ3v) is 8.49. The number of nitrogens with zero attached hydrogens (tertiary/aromatic N) is 1. The van der Waals surface area contributed by atoms with Gasteiger partial charge < -0.3 is 29.4 Å². The second-order valence-electron chi connectivity index (χ2n) is 12.9. The Kier molecular flexibility index (Phi) is 9.81. The molecule has 0 radical (unpaired) electrons. The molecule has 1 aliphatic carbocycles. The quantitative estimate of drug-likeness (QED) is 0.282. The van der Waals surface area contributed by atoms with Gasteiger partial charge in [-0.1, -0.05) is 37.5 Å². The van der Waals surface area contributed by atoms with E-state index in [0.29, 0.717) is 37.6 Å². The minimum atomic E-state index is -0.588. The van der Waals surface area contributed by atoms with Gasteiger partial charge in [0.1, 0.15) is 11.4 Å². The van der Waals surface area contributed by atoms with Crippen molar-refractivity contribution in [1.82, 2.24) is 15.2 Å². The number of ether oxygens (including phenoxy) is 3. The SMILES string of the molecule is COC(=O)c1ccc2c(C3CCCCC3)c3n(c2c1)C[C@@H](CCNC(=O)CCNC(=O)OC(C)(C)C)COc1ccccc1-3. The van der Waals surface area contributed by atoms with Crippen LogP contribution in [0.5, 0.6) is 5.75 Å². The third-order valence-electron chi connectivity index (χ3n) is 8.49. The van der Waals surface area contributed by atoms with Crippen LogP contribution in [0.4, 0.5) is 4.79 Å². The second-order valence-corrected chi connectivity index (χ2v) is 12.9. The molecule has 2 aliphatic rings. The predicted octanol–water partition coefficient (Wildman–Crippen LogP) is 6.57. The molecule has 1 saturated carbocycles. The standard InChI is InChI=1S/C35H45N3O6/c1-35(2,3)44-34(41)37-19-17-30(39)36-18-16-23-21-38-28-20-25(33(40)42-4)14-15-26(28)31(24-10-6-5-7-11-24)32(38)27-12-8-9-13-29(27)43-22-23/h8-9,12-15,20,23-24H,5-7,10-11,16-19,21-22H2,1-4H3,(H,36,39)(H,37,41)/t23-/m1/s1. The smallest absolute Gasteiger partial charge is 0.407 e. The second kappa shape index (κ2) is 13.7. The van der Waals surface area contributed by atoms with Crippen LogP contribution in [0.2, 0.25) is 0 Å². The van der Waals surface area contributed by atoms with Crippen molar-refractivity contribution in [1.29, 1.82) is 0 Å². The van der Waals surface area contributed by atoms with Crippen LogP contribution in [-0.2, 0) is 20.8 Å². The van der Waals surface area contributed by atoms with Crippen LogP contribution in [0.3, 0.4) is 0 Å². The summed E-state index contributed by atoms with van der Waals surface area (Å²) in [5.74, 6) is 0.915. The van der Waals surface area contributed by atoms with Gasteiger partial charge in [-0.25, -0.2) is 9.59 Å². The Labute approximate surface area is 259 Å². The summed E-state index contributed by atoms with van der Waals surface area (Å²) in [6.45, 7) is 7.27. The van der Waals surface area contributed by atoms with Gasteiger partial charge in [0.15, 0.2) is 0 Å². The number of para-hydroxylation sites is 1. The minimum Gasteiger partial charge on any atom is -0.493 e. The molecule has 2 amide bonds. The Bertz CT molecular complexity index is 1500. The van der Waals surface area contributed by atoms with Crippen molar-refractivity contribution in [3.8, 4) is 17.0 Å². The highest BCUT2D eigenvalue weighted by Crippen LogP contribution is 2.47. The molecule has 5 rings (SSSR count). The summed E-state index contributed by atoms with van der Waals surface area (Å²) in [5, 5.41) is 6.81. The number of fused-ring (bicyclic) bond motifs is 5. The van der Waals surface area contributed by atoms with Gasteiger partial charge in [-0.3, -0.25) is 4.79 Å². The number of benzene rings is 2. The number of amides is 2. The average molecular weight is 604 g/mol. The number of nitrogens with one attached hydrogen (secondary N) is 2. The number of carbonyl (C=O) groups excluding carboxylic acids is 3.